The molecule has 0 aliphatic heterocycles. The number of halogens is 1. The second kappa shape index (κ2) is 3.35. The molecule has 2 heteroatoms. The van der Waals surface area contributed by atoms with Gasteiger partial charge in [0.05, 0.1) is 11.5 Å². The predicted molar refractivity (Wildman–Crippen MR) is 64.4 cm³/mol. The van der Waals surface area contributed by atoms with Crippen LogP contribution in [0.3, 0.4) is 0 Å². The minimum atomic E-state index is -0.263. The Balaban J connectivity index is 2.40. The van der Waals surface area contributed by atoms with E-state index in [4.69, 9.17) is 0 Å². The topological polar surface area (TPSA) is 23.8 Å². The van der Waals surface area contributed by atoms with Crippen LogP contribution >= 0.6 is 15.9 Å². The Morgan fingerprint density at radius 1 is 1.27 bits per heavy atom. The third-order valence-corrected chi connectivity index (χ3v) is 4.15. The Morgan fingerprint density at radius 2 is 1.80 bits per heavy atom. The highest BCUT2D eigenvalue weighted by Crippen LogP contribution is 2.59. The number of rotatable bonds is 2. The summed E-state index contributed by atoms with van der Waals surface area (Å²) in [6.45, 7) is 4.09. The van der Waals surface area contributed by atoms with Gasteiger partial charge in [0.15, 0.2) is 0 Å². The average Bonchev–Trinajstić information content (AvgIpc) is 3.00. The van der Waals surface area contributed by atoms with Crippen molar-refractivity contribution in [1.29, 1.82) is 5.26 Å². The van der Waals surface area contributed by atoms with Crippen molar-refractivity contribution in [3.05, 3.63) is 34.3 Å². The maximum Gasteiger partial charge on any atom is 0.0693 e. The van der Waals surface area contributed by atoms with Crippen molar-refractivity contribution in [2.45, 2.75) is 32.1 Å². The lowest BCUT2D eigenvalue weighted by Crippen LogP contribution is -2.27. The SMILES string of the molecule is CC(C)(C#N)C1(c2ccc(Br)cc2)CC1. The molecule has 1 aliphatic rings. The fourth-order valence-corrected chi connectivity index (χ4v) is 2.54. The first kappa shape index (κ1) is 10.7. The van der Waals surface area contributed by atoms with Crippen molar-refractivity contribution < 1.29 is 0 Å². The van der Waals surface area contributed by atoms with Crippen LogP contribution in [0.5, 0.6) is 0 Å². The van der Waals surface area contributed by atoms with Crippen LogP contribution in [-0.4, -0.2) is 0 Å². The van der Waals surface area contributed by atoms with Crippen molar-refractivity contribution in [1.82, 2.24) is 0 Å². The summed E-state index contributed by atoms with van der Waals surface area (Å²) in [7, 11) is 0. The van der Waals surface area contributed by atoms with Gasteiger partial charge in [-0.2, -0.15) is 5.26 Å². The van der Waals surface area contributed by atoms with Gasteiger partial charge in [0, 0.05) is 9.89 Å². The van der Waals surface area contributed by atoms with Crippen LogP contribution in [-0.2, 0) is 5.41 Å². The summed E-state index contributed by atoms with van der Waals surface area (Å²) in [6, 6.07) is 10.8. The number of benzene rings is 1. The van der Waals surface area contributed by atoms with Crippen LogP contribution in [0.15, 0.2) is 28.7 Å². The summed E-state index contributed by atoms with van der Waals surface area (Å²) >= 11 is 3.44. The lowest BCUT2D eigenvalue weighted by Gasteiger charge is -2.28. The fourth-order valence-electron chi connectivity index (χ4n) is 2.28. The van der Waals surface area contributed by atoms with E-state index in [-0.39, 0.29) is 10.8 Å². The van der Waals surface area contributed by atoms with E-state index in [0.717, 1.165) is 17.3 Å². The summed E-state index contributed by atoms with van der Waals surface area (Å²) in [5.74, 6) is 0. The van der Waals surface area contributed by atoms with Gasteiger partial charge in [-0.3, -0.25) is 0 Å². The summed E-state index contributed by atoms with van der Waals surface area (Å²) in [5, 5.41) is 9.23. The molecule has 0 saturated heterocycles. The molecule has 0 heterocycles. The fraction of sp³-hybridized carbons (Fsp3) is 0.462. The van der Waals surface area contributed by atoms with Gasteiger partial charge in [0.1, 0.15) is 0 Å². The maximum absolute atomic E-state index is 9.23. The first-order valence-corrected chi connectivity index (χ1v) is 5.98. The van der Waals surface area contributed by atoms with Crippen LogP contribution in [0.4, 0.5) is 0 Å². The smallest absolute Gasteiger partial charge is 0.0693 e. The third-order valence-electron chi connectivity index (χ3n) is 3.62. The molecular weight excluding hydrogens is 250 g/mol. The summed E-state index contributed by atoms with van der Waals surface area (Å²) in [4.78, 5) is 0. The predicted octanol–water partition coefficient (Wildman–Crippen LogP) is 4.03. The van der Waals surface area contributed by atoms with Gasteiger partial charge in [-0.05, 0) is 44.4 Å². The first-order valence-electron chi connectivity index (χ1n) is 5.19. The molecule has 1 nitrogen and oxygen atoms in total. The minimum Gasteiger partial charge on any atom is -0.198 e. The van der Waals surface area contributed by atoms with E-state index in [9.17, 15) is 5.26 Å². The molecule has 0 radical (unpaired) electrons. The van der Waals surface area contributed by atoms with E-state index in [0.29, 0.717) is 0 Å². The zero-order valence-corrected chi connectivity index (χ0v) is 10.6. The molecule has 0 spiro atoms. The normalized spacial score (nSPS) is 18.3. The molecule has 15 heavy (non-hydrogen) atoms. The molecule has 0 aromatic heterocycles. The lowest BCUT2D eigenvalue weighted by atomic mass is 9.73. The summed E-state index contributed by atoms with van der Waals surface area (Å²) in [5.41, 5.74) is 1.14. The molecule has 1 aromatic carbocycles. The van der Waals surface area contributed by atoms with Gasteiger partial charge in [0.2, 0.25) is 0 Å². The third kappa shape index (κ3) is 1.59. The van der Waals surface area contributed by atoms with E-state index in [1.165, 1.54) is 5.56 Å². The van der Waals surface area contributed by atoms with Crippen molar-refractivity contribution in [2.24, 2.45) is 5.41 Å². The van der Waals surface area contributed by atoms with E-state index in [1.54, 1.807) is 0 Å². The monoisotopic (exact) mass is 263 g/mol. The number of hydrogen-bond acceptors (Lipinski definition) is 1. The van der Waals surface area contributed by atoms with Gasteiger partial charge >= 0.3 is 0 Å². The second-order valence-corrected chi connectivity index (χ2v) is 5.74. The molecule has 0 N–H and O–H groups in total. The van der Waals surface area contributed by atoms with Crippen LogP contribution in [0.2, 0.25) is 0 Å². The molecule has 2 rings (SSSR count). The second-order valence-electron chi connectivity index (χ2n) is 4.83. The summed E-state index contributed by atoms with van der Waals surface area (Å²) < 4.78 is 1.09. The largest absolute Gasteiger partial charge is 0.198 e. The molecule has 1 fully saturated rings. The standard InChI is InChI=1S/C13H14BrN/c1-12(2,9-15)13(7-8-13)10-3-5-11(14)6-4-10/h3-6H,7-8H2,1-2H3. The lowest BCUT2D eigenvalue weighted by molar-refractivity contribution is 0.363. The maximum atomic E-state index is 9.23. The van der Waals surface area contributed by atoms with Crippen LogP contribution in [0.25, 0.3) is 0 Å². The molecule has 0 bridgehead atoms. The van der Waals surface area contributed by atoms with Crippen molar-refractivity contribution >= 4 is 15.9 Å². The van der Waals surface area contributed by atoms with Crippen LogP contribution in [0, 0.1) is 16.7 Å². The molecule has 0 unspecified atom stereocenters. The van der Waals surface area contributed by atoms with E-state index < -0.39 is 0 Å². The number of nitriles is 1. The molecular formula is C13H14BrN. The van der Waals surface area contributed by atoms with E-state index in [2.05, 4.69) is 46.3 Å². The first-order chi connectivity index (χ1) is 7.02. The van der Waals surface area contributed by atoms with Gasteiger partial charge in [-0.25, -0.2) is 0 Å². The van der Waals surface area contributed by atoms with E-state index in [1.807, 2.05) is 13.8 Å². The van der Waals surface area contributed by atoms with E-state index >= 15 is 0 Å². The van der Waals surface area contributed by atoms with Gasteiger partial charge in [0.25, 0.3) is 0 Å². The molecule has 1 aromatic rings. The summed E-state index contributed by atoms with van der Waals surface area (Å²) in [6.07, 6.45) is 2.27. The molecule has 0 amide bonds. The molecule has 1 saturated carbocycles. The Morgan fingerprint density at radius 3 is 2.20 bits per heavy atom. The highest BCUT2D eigenvalue weighted by atomic mass is 79.9. The molecule has 1 aliphatic carbocycles. The van der Waals surface area contributed by atoms with Gasteiger partial charge in [-0.15, -0.1) is 0 Å². The Labute approximate surface area is 99.2 Å². The highest BCUT2D eigenvalue weighted by molar-refractivity contribution is 9.10. The highest BCUT2D eigenvalue weighted by Gasteiger charge is 2.55. The van der Waals surface area contributed by atoms with Crippen molar-refractivity contribution in [3.63, 3.8) is 0 Å². The zero-order chi connectivity index (χ0) is 11.1. The Hall–Kier alpha value is -0.810. The molecule has 0 atom stereocenters. The van der Waals surface area contributed by atoms with Crippen LogP contribution < -0.4 is 0 Å². The minimum absolute atomic E-state index is 0.0997. The Kier molecular flexibility index (Phi) is 2.39. The van der Waals surface area contributed by atoms with Crippen molar-refractivity contribution in [3.8, 4) is 6.07 Å². The van der Waals surface area contributed by atoms with Crippen molar-refractivity contribution in [2.75, 3.05) is 0 Å². The van der Waals surface area contributed by atoms with Crippen LogP contribution in [0.1, 0.15) is 32.3 Å². The quantitative estimate of drug-likeness (QED) is 0.791. The zero-order valence-electron chi connectivity index (χ0n) is 9.05. The number of hydrogen-bond donors (Lipinski definition) is 0. The molecule has 78 valence electrons. The average molecular weight is 264 g/mol. The van der Waals surface area contributed by atoms with Gasteiger partial charge < -0.3 is 0 Å². The number of nitrogens with zero attached hydrogens (tertiary/aromatic N) is 1. The van der Waals surface area contributed by atoms with Gasteiger partial charge in [-0.1, -0.05) is 28.1 Å². The Bertz CT molecular complexity index is 407.